The van der Waals surface area contributed by atoms with Gasteiger partial charge in [-0.3, -0.25) is 4.79 Å². The fraction of sp³-hybridized carbons (Fsp3) is 0.949. The van der Waals surface area contributed by atoms with E-state index >= 15 is 0 Å². The molecule has 498 valence electrons. The molecule has 34 atom stereocenters. The molecule has 15 N–H and O–H groups in total. The van der Waals surface area contributed by atoms with E-state index in [1.807, 2.05) is 13.8 Å². The van der Waals surface area contributed by atoms with Crippen LogP contribution in [0.2, 0.25) is 0 Å². The van der Waals surface area contributed by atoms with E-state index in [1.54, 1.807) is 0 Å². The van der Waals surface area contributed by atoms with E-state index in [0.29, 0.717) is 25.7 Å². The number of hydrogen-bond donors (Lipinski definition) is 15. The molecule has 0 aromatic rings. The fourth-order valence-corrected chi connectivity index (χ4v) is 17.9. The Hall–Kier alpha value is -1.83. The summed E-state index contributed by atoms with van der Waals surface area (Å²) in [5.41, 5.74) is 0.685. The molecule has 7 aliphatic heterocycles. The summed E-state index contributed by atoms with van der Waals surface area (Å²) in [7, 11) is 0. The Morgan fingerprint density at radius 2 is 1.13 bits per heavy atom. The maximum absolute atomic E-state index is 12.8. The second-order valence-corrected chi connectivity index (χ2v) is 28.0. The highest BCUT2D eigenvalue weighted by molar-refractivity contribution is 5.74. The number of aliphatic hydroxyl groups is 15. The van der Waals surface area contributed by atoms with Crippen LogP contribution in [0.3, 0.4) is 0 Å². The van der Waals surface area contributed by atoms with Gasteiger partial charge < -0.3 is 133 Å². The molecule has 7 saturated heterocycles. The van der Waals surface area contributed by atoms with Crippen molar-refractivity contribution >= 4 is 5.97 Å². The molecule has 87 heavy (non-hydrogen) atoms. The van der Waals surface area contributed by atoms with Crippen LogP contribution in [0.25, 0.3) is 0 Å². The first-order chi connectivity index (χ1) is 41.0. The van der Waals surface area contributed by atoms with Crippen molar-refractivity contribution in [3.05, 3.63) is 11.1 Å². The molecule has 0 aromatic carbocycles. The SMILES string of the molecule is C[C@@H]1C[C@]2(C[C@@H](C)[C@]3(CC[C@@]4(C)C5=C(CC[C@@]43C)[C@@]3(C)CC[C@H](O[C@@H]4O[C@H](CO[C@@H]6OC[C@H](O)[C@H](O)[C@H]6O[C@@H]6O[C@H](CO)[C@@H](O)[C@H](O[C@@H]7O[C@H](CO)[C@@H](O)[C@H](O)[C@H]7O)[C@H]6O[C@@H]6O[C@@H](C)[C@H](O)[C@@H](O)[C@H]6O)[C@@H](O)[C@H](O)[C@H]4O)[C@](C)(CO)[C@@H]3CC5)O2)OC1=O. The minimum Gasteiger partial charge on any atom is -0.433 e. The number of aliphatic hydroxyl groups excluding tert-OH is 15. The van der Waals surface area contributed by atoms with E-state index < -0.39 is 197 Å². The highest BCUT2D eigenvalue weighted by Gasteiger charge is 2.75. The topological polar surface area (TPSA) is 431 Å². The first-order valence-electron chi connectivity index (χ1n) is 31.1. The standard InChI is InChI=1S/C59H94O28/c1-23-16-58(86-48(23)75)17-24(2)59(87-58)15-14-56(6)27-8-9-32-54(4,26(27)10-13-57(56,59)7)12-11-33(55(32,5)22-62)82-50-43(73)41(71)37(67)31(81-50)21-77-52-46(35(65)28(63)20-76-52)84-53-47(85-49-42(72)39(69)34(64)25(3)78-49)45(38(68)30(19-61)80-53)83-51-44(74)40(70)36(66)29(18-60)79-51/h23-25,28-47,49-53,60-74H,8-22H2,1-7H3/t23-,24-,25+,28+,29-,30-,31-,32-,33+,34+,35+,36-,37-,38-,39-,40+,41+,42-,43-,44-,45+,46-,47-,49+,50+,51+,52+,53+,54-,55-,56+,57+,58+,59+/m1/s1. The summed E-state index contributed by atoms with van der Waals surface area (Å²) in [6, 6.07) is 0. The second kappa shape index (κ2) is 24.5. The van der Waals surface area contributed by atoms with Crippen LogP contribution in [0.4, 0.5) is 0 Å². The zero-order chi connectivity index (χ0) is 63.0. The van der Waals surface area contributed by atoms with Gasteiger partial charge >= 0.3 is 5.97 Å². The molecule has 28 heteroatoms. The number of allylic oxidation sites excluding steroid dienone is 2. The number of esters is 1. The lowest BCUT2D eigenvalue weighted by Gasteiger charge is -2.63. The van der Waals surface area contributed by atoms with Crippen LogP contribution in [0.5, 0.6) is 0 Å². The predicted molar refractivity (Wildman–Crippen MR) is 289 cm³/mol. The van der Waals surface area contributed by atoms with Crippen molar-refractivity contribution in [2.24, 2.45) is 39.4 Å². The van der Waals surface area contributed by atoms with Crippen molar-refractivity contribution in [1.82, 2.24) is 0 Å². The van der Waals surface area contributed by atoms with Gasteiger partial charge in [-0.25, -0.2) is 0 Å². The maximum Gasteiger partial charge on any atom is 0.311 e. The minimum absolute atomic E-state index is 0.0929. The summed E-state index contributed by atoms with van der Waals surface area (Å²) < 4.78 is 73.7. The average molecular weight is 1250 g/mol. The van der Waals surface area contributed by atoms with Crippen molar-refractivity contribution in [3.8, 4) is 0 Å². The number of rotatable bonds is 14. The monoisotopic (exact) mass is 1250 g/mol. The minimum atomic E-state index is -2.05. The van der Waals surface area contributed by atoms with Crippen LogP contribution in [0.15, 0.2) is 11.1 Å². The van der Waals surface area contributed by atoms with Crippen LogP contribution in [0.1, 0.15) is 113 Å². The van der Waals surface area contributed by atoms with Crippen LogP contribution in [-0.4, -0.2) is 281 Å². The molecular formula is C59H94O28. The quantitative estimate of drug-likeness (QED) is 0.0588. The highest BCUT2D eigenvalue weighted by Crippen LogP contribution is 2.76. The maximum atomic E-state index is 12.8. The zero-order valence-electron chi connectivity index (χ0n) is 50.3. The van der Waals surface area contributed by atoms with E-state index in [9.17, 15) is 81.4 Å². The third-order valence-electron chi connectivity index (χ3n) is 23.2. The van der Waals surface area contributed by atoms with Crippen LogP contribution in [-0.2, 0) is 61.6 Å². The molecule has 9 fully saturated rings. The molecule has 0 unspecified atom stereocenters. The van der Waals surface area contributed by atoms with E-state index in [4.69, 9.17) is 56.8 Å². The van der Waals surface area contributed by atoms with Gasteiger partial charge in [-0.05, 0) is 81.0 Å². The lowest BCUT2D eigenvalue weighted by Crippen LogP contribution is -2.68. The van der Waals surface area contributed by atoms with Gasteiger partial charge in [0.05, 0.1) is 56.8 Å². The average Bonchev–Trinajstić information content (AvgIpc) is 1.57. The van der Waals surface area contributed by atoms with Crippen LogP contribution in [0, 0.1) is 39.4 Å². The molecule has 11 aliphatic rings. The number of hydrogen-bond acceptors (Lipinski definition) is 28. The summed E-state index contributed by atoms with van der Waals surface area (Å²) in [6.45, 7) is 11.2. The van der Waals surface area contributed by atoms with E-state index in [-0.39, 0.29) is 46.6 Å². The predicted octanol–water partition coefficient (Wildman–Crippen LogP) is -3.68. The number of carbonyl (C=O) groups is 1. The molecule has 0 bridgehead atoms. The van der Waals surface area contributed by atoms with E-state index in [1.165, 1.54) is 18.1 Å². The summed E-state index contributed by atoms with van der Waals surface area (Å²) in [5, 5.41) is 165. The number of fused-ring (bicyclic) bond motifs is 5. The first kappa shape index (κ1) is 66.6. The third-order valence-corrected chi connectivity index (χ3v) is 23.2. The largest absolute Gasteiger partial charge is 0.433 e. The van der Waals surface area contributed by atoms with E-state index in [0.717, 1.165) is 38.5 Å². The highest BCUT2D eigenvalue weighted by atomic mass is 16.8. The molecule has 7 heterocycles. The molecule has 11 rings (SSSR count). The Morgan fingerprint density at radius 3 is 1.77 bits per heavy atom. The summed E-state index contributed by atoms with van der Waals surface area (Å²) in [4.78, 5) is 12.8. The fourth-order valence-electron chi connectivity index (χ4n) is 17.9. The normalized spacial score (nSPS) is 56.1. The van der Waals surface area contributed by atoms with Gasteiger partial charge in [-0.15, -0.1) is 0 Å². The summed E-state index contributed by atoms with van der Waals surface area (Å²) in [6.07, 6.45) is -36.6. The number of carbonyl (C=O) groups excluding carboxylic acids is 1. The number of ether oxygens (including phenoxy) is 12. The molecule has 2 spiro atoms. The Labute approximate surface area is 504 Å². The van der Waals surface area contributed by atoms with Crippen molar-refractivity contribution in [2.45, 2.75) is 278 Å². The first-order valence-corrected chi connectivity index (χ1v) is 31.1. The van der Waals surface area contributed by atoms with Crippen LogP contribution >= 0.6 is 0 Å². The van der Waals surface area contributed by atoms with E-state index in [2.05, 4.69) is 27.7 Å². The van der Waals surface area contributed by atoms with Gasteiger partial charge in [-0.1, -0.05) is 52.7 Å². The molecule has 2 saturated carbocycles. The lowest BCUT2D eigenvalue weighted by atomic mass is 9.42. The van der Waals surface area contributed by atoms with Crippen LogP contribution < -0.4 is 0 Å². The zero-order valence-corrected chi connectivity index (χ0v) is 50.3. The molecule has 0 amide bonds. The second-order valence-electron chi connectivity index (χ2n) is 28.0. The summed E-state index contributed by atoms with van der Waals surface area (Å²) >= 11 is 0. The Balaban J connectivity index is 0.801. The molecule has 0 radical (unpaired) electrons. The summed E-state index contributed by atoms with van der Waals surface area (Å²) in [5.74, 6) is -1.27. The van der Waals surface area contributed by atoms with Crippen molar-refractivity contribution in [3.63, 3.8) is 0 Å². The molecule has 4 aliphatic carbocycles. The van der Waals surface area contributed by atoms with Crippen molar-refractivity contribution in [1.29, 1.82) is 0 Å². The Kier molecular flexibility index (Phi) is 18.8. The molecule has 0 aromatic heterocycles. The van der Waals surface area contributed by atoms with Crippen molar-refractivity contribution < 1.29 is 138 Å². The Morgan fingerprint density at radius 1 is 0.540 bits per heavy atom. The molecule has 28 nitrogen and oxygen atoms in total. The van der Waals surface area contributed by atoms with Gasteiger partial charge in [0, 0.05) is 23.7 Å². The molecular weight excluding hydrogens is 1160 g/mol. The van der Waals surface area contributed by atoms with Gasteiger partial charge in [0.1, 0.15) is 110 Å². The van der Waals surface area contributed by atoms with Gasteiger partial charge in [0.25, 0.3) is 0 Å². The van der Waals surface area contributed by atoms with Gasteiger partial charge in [0.15, 0.2) is 31.5 Å². The third kappa shape index (κ3) is 10.7. The smallest absolute Gasteiger partial charge is 0.311 e. The van der Waals surface area contributed by atoms with Crippen molar-refractivity contribution in [2.75, 3.05) is 33.0 Å². The van der Waals surface area contributed by atoms with Gasteiger partial charge in [-0.2, -0.15) is 0 Å². The van der Waals surface area contributed by atoms with Gasteiger partial charge in [0.2, 0.25) is 5.79 Å². The Bertz CT molecular complexity index is 2480. The lowest BCUT2D eigenvalue weighted by molar-refractivity contribution is -0.406.